The van der Waals surface area contributed by atoms with E-state index in [9.17, 15) is 4.79 Å². The van der Waals surface area contributed by atoms with Gasteiger partial charge in [0.25, 0.3) is 5.56 Å². The Hall–Kier alpha value is -2.58. The predicted molar refractivity (Wildman–Crippen MR) is 120 cm³/mol. The highest BCUT2D eigenvalue weighted by molar-refractivity contribution is 5.79. The van der Waals surface area contributed by atoms with Crippen molar-refractivity contribution in [2.24, 2.45) is 0 Å². The van der Waals surface area contributed by atoms with E-state index in [2.05, 4.69) is 44.5 Å². The monoisotopic (exact) mass is 424 g/mol. The molecule has 1 N–H and O–H groups in total. The van der Waals surface area contributed by atoms with Crippen LogP contribution in [0.15, 0.2) is 29.1 Å². The Kier molecular flexibility index (Phi) is 6.77. The lowest BCUT2D eigenvalue weighted by Crippen LogP contribution is -2.39. The molecule has 166 valence electrons. The Labute approximate surface area is 182 Å². The Bertz CT molecular complexity index is 1070. The number of hydrogen-bond acceptors (Lipinski definition) is 6. The standard InChI is InChI=1S/C23H32N6O2/c1-4-21(22-25-26-27-29(22)11-12-31-3)28(19-7-5-6-8-19)15-18-14-17-10-9-16(2)13-20(17)24-23(18)30/h9-10,13-14,19,21H,4-8,11-12,15H2,1-3H3,(H,24,30). The topological polar surface area (TPSA) is 88.9 Å². The van der Waals surface area contributed by atoms with E-state index < -0.39 is 0 Å². The number of ether oxygens (including phenoxy) is 1. The molecule has 0 aliphatic heterocycles. The lowest BCUT2D eigenvalue weighted by Gasteiger charge is -2.35. The summed E-state index contributed by atoms with van der Waals surface area (Å²) < 4.78 is 7.07. The van der Waals surface area contributed by atoms with Crippen molar-refractivity contribution in [3.8, 4) is 0 Å². The molecule has 2 aromatic heterocycles. The molecule has 1 fully saturated rings. The number of pyridine rings is 1. The van der Waals surface area contributed by atoms with E-state index in [1.807, 2.05) is 23.7 Å². The zero-order valence-corrected chi connectivity index (χ0v) is 18.7. The molecule has 0 spiro atoms. The lowest BCUT2D eigenvalue weighted by molar-refractivity contribution is 0.109. The fourth-order valence-electron chi connectivity index (χ4n) is 4.76. The van der Waals surface area contributed by atoms with E-state index in [0.717, 1.165) is 47.1 Å². The minimum atomic E-state index is -0.0186. The van der Waals surface area contributed by atoms with Gasteiger partial charge in [-0.15, -0.1) is 5.10 Å². The normalized spacial score (nSPS) is 15.9. The van der Waals surface area contributed by atoms with E-state index in [1.54, 1.807) is 7.11 Å². The summed E-state index contributed by atoms with van der Waals surface area (Å²) in [6.45, 7) is 5.95. The Morgan fingerprint density at radius 3 is 2.84 bits per heavy atom. The minimum absolute atomic E-state index is 0.0186. The summed E-state index contributed by atoms with van der Waals surface area (Å²) in [4.78, 5) is 18.5. The summed E-state index contributed by atoms with van der Waals surface area (Å²) in [7, 11) is 1.68. The van der Waals surface area contributed by atoms with Gasteiger partial charge in [0, 0.05) is 30.8 Å². The molecular formula is C23H32N6O2. The van der Waals surface area contributed by atoms with Crippen molar-refractivity contribution in [2.75, 3.05) is 13.7 Å². The molecule has 2 heterocycles. The molecule has 0 bridgehead atoms. The second-order valence-corrected chi connectivity index (χ2v) is 8.50. The summed E-state index contributed by atoms with van der Waals surface area (Å²) in [5.41, 5.74) is 2.79. The summed E-state index contributed by atoms with van der Waals surface area (Å²) >= 11 is 0. The molecule has 8 heteroatoms. The van der Waals surface area contributed by atoms with Crippen molar-refractivity contribution < 1.29 is 4.74 Å². The van der Waals surface area contributed by atoms with Crippen LogP contribution >= 0.6 is 0 Å². The van der Waals surface area contributed by atoms with Gasteiger partial charge in [-0.05, 0) is 59.7 Å². The van der Waals surface area contributed by atoms with Gasteiger partial charge in [0.2, 0.25) is 0 Å². The number of hydrogen-bond donors (Lipinski definition) is 1. The zero-order chi connectivity index (χ0) is 21.8. The second kappa shape index (κ2) is 9.70. The van der Waals surface area contributed by atoms with E-state index in [-0.39, 0.29) is 11.6 Å². The van der Waals surface area contributed by atoms with Gasteiger partial charge in [-0.2, -0.15) is 0 Å². The lowest BCUT2D eigenvalue weighted by atomic mass is 10.0. The van der Waals surface area contributed by atoms with Gasteiger partial charge in [-0.1, -0.05) is 31.9 Å². The van der Waals surface area contributed by atoms with Crippen molar-refractivity contribution in [3.05, 3.63) is 51.6 Å². The molecule has 0 saturated heterocycles. The van der Waals surface area contributed by atoms with Crippen molar-refractivity contribution >= 4 is 10.9 Å². The van der Waals surface area contributed by atoms with Crippen molar-refractivity contribution in [1.82, 2.24) is 30.1 Å². The van der Waals surface area contributed by atoms with Crippen LogP contribution in [0.5, 0.6) is 0 Å². The van der Waals surface area contributed by atoms with Crippen LogP contribution in [0.25, 0.3) is 10.9 Å². The molecule has 8 nitrogen and oxygen atoms in total. The number of nitrogens with zero attached hydrogens (tertiary/aromatic N) is 5. The molecule has 31 heavy (non-hydrogen) atoms. The third-order valence-electron chi connectivity index (χ3n) is 6.38. The van der Waals surface area contributed by atoms with Crippen LogP contribution < -0.4 is 5.56 Å². The van der Waals surface area contributed by atoms with Crippen LogP contribution in [0.2, 0.25) is 0 Å². The Balaban J connectivity index is 1.69. The fourth-order valence-corrected chi connectivity index (χ4v) is 4.76. The number of fused-ring (bicyclic) bond motifs is 1. The van der Waals surface area contributed by atoms with Gasteiger partial charge >= 0.3 is 0 Å². The van der Waals surface area contributed by atoms with Crippen LogP contribution in [0, 0.1) is 6.92 Å². The first-order chi connectivity index (χ1) is 15.1. The van der Waals surface area contributed by atoms with Gasteiger partial charge in [0.1, 0.15) is 0 Å². The first-order valence-corrected chi connectivity index (χ1v) is 11.2. The largest absolute Gasteiger partial charge is 0.383 e. The highest BCUT2D eigenvalue weighted by Gasteiger charge is 2.32. The molecule has 4 rings (SSSR count). The van der Waals surface area contributed by atoms with E-state index in [4.69, 9.17) is 4.74 Å². The number of aryl methyl sites for hydroxylation is 1. The highest BCUT2D eigenvalue weighted by Crippen LogP contribution is 2.33. The molecule has 1 aliphatic rings. The van der Waals surface area contributed by atoms with Crippen molar-refractivity contribution in [1.29, 1.82) is 0 Å². The number of benzene rings is 1. The predicted octanol–water partition coefficient (Wildman–Crippen LogP) is 3.37. The van der Waals surface area contributed by atoms with Crippen LogP contribution in [0.3, 0.4) is 0 Å². The maximum absolute atomic E-state index is 13.0. The van der Waals surface area contributed by atoms with Gasteiger partial charge in [-0.3, -0.25) is 9.69 Å². The van der Waals surface area contributed by atoms with Crippen LogP contribution in [0.1, 0.15) is 62.0 Å². The Morgan fingerprint density at radius 1 is 1.29 bits per heavy atom. The number of tetrazole rings is 1. The van der Waals surface area contributed by atoms with E-state index in [0.29, 0.717) is 25.7 Å². The Morgan fingerprint density at radius 2 is 2.10 bits per heavy atom. The number of aromatic nitrogens is 5. The van der Waals surface area contributed by atoms with Crippen LogP contribution in [0.4, 0.5) is 0 Å². The van der Waals surface area contributed by atoms with Crippen LogP contribution in [-0.4, -0.2) is 49.8 Å². The summed E-state index contributed by atoms with van der Waals surface area (Å²) in [5.74, 6) is 0.847. The third-order valence-corrected chi connectivity index (χ3v) is 6.38. The van der Waals surface area contributed by atoms with Crippen molar-refractivity contribution in [2.45, 2.75) is 71.1 Å². The van der Waals surface area contributed by atoms with Gasteiger partial charge < -0.3 is 9.72 Å². The van der Waals surface area contributed by atoms with Gasteiger partial charge in [0.05, 0.1) is 19.2 Å². The zero-order valence-electron chi connectivity index (χ0n) is 18.7. The molecular weight excluding hydrogens is 392 g/mol. The maximum Gasteiger partial charge on any atom is 0.252 e. The number of H-pyrrole nitrogens is 1. The summed E-state index contributed by atoms with van der Waals surface area (Å²) in [6.07, 6.45) is 5.59. The average Bonchev–Trinajstić information content (AvgIpc) is 3.45. The first-order valence-electron chi connectivity index (χ1n) is 11.2. The van der Waals surface area contributed by atoms with Gasteiger partial charge in [0.15, 0.2) is 5.82 Å². The molecule has 1 saturated carbocycles. The van der Waals surface area contributed by atoms with Crippen LogP contribution in [-0.2, 0) is 17.8 Å². The first kappa shape index (κ1) is 21.6. The number of nitrogens with one attached hydrogen (secondary N) is 1. The van der Waals surface area contributed by atoms with Gasteiger partial charge in [-0.25, -0.2) is 4.68 Å². The summed E-state index contributed by atoms with van der Waals surface area (Å²) in [6, 6.07) is 8.68. The smallest absolute Gasteiger partial charge is 0.252 e. The maximum atomic E-state index is 13.0. The average molecular weight is 425 g/mol. The van der Waals surface area contributed by atoms with E-state index >= 15 is 0 Å². The number of methoxy groups -OCH3 is 1. The fraction of sp³-hybridized carbons (Fsp3) is 0.565. The number of aromatic amines is 1. The second-order valence-electron chi connectivity index (χ2n) is 8.50. The molecule has 1 atom stereocenters. The highest BCUT2D eigenvalue weighted by atomic mass is 16.5. The molecule has 0 amide bonds. The third kappa shape index (κ3) is 4.70. The molecule has 0 radical (unpaired) electrons. The number of rotatable bonds is 9. The molecule has 1 aliphatic carbocycles. The minimum Gasteiger partial charge on any atom is -0.383 e. The molecule has 3 aromatic rings. The summed E-state index contributed by atoms with van der Waals surface area (Å²) in [5, 5.41) is 13.6. The van der Waals surface area contributed by atoms with E-state index in [1.165, 1.54) is 12.8 Å². The van der Waals surface area contributed by atoms with Crippen molar-refractivity contribution in [3.63, 3.8) is 0 Å². The molecule has 1 unspecified atom stereocenters. The quantitative estimate of drug-likeness (QED) is 0.567. The SMILES string of the molecule is CCC(c1nnnn1CCOC)N(Cc1cc2ccc(C)cc2[nH]c1=O)C1CCCC1. The molecule has 1 aromatic carbocycles.